The molecule has 8 heteroatoms. The number of benzene rings is 1. The first-order chi connectivity index (χ1) is 10.3. The van der Waals surface area contributed by atoms with Gasteiger partial charge in [-0.15, -0.1) is 0 Å². The fourth-order valence-corrected chi connectivity index (χ4v) is 3.79. The molecule has 2 aliphatic heterocycles. The predicted molar refractivity (Wildman–Crippen MR) is 78.6 cm³/mol. The summed E-state index contributed by atoms with van der Waals surface area (Å²) < 4.78 is 30.4. The zero-order chi connectivity index (χ0) is 16.0. The second-order valence-electron chi connectivity index (χ2n) is 5.53. The number of amides is 1. The molecule has 22 heavy (non-hydrogen) atoms. The fraction of sp³-hybridized carbons (Fsp3) is 0.500. The Labute approximate surface area is 129 Å². The Balaban J connectivity index is 2.09. The van der Waals surface area contributed by atoms with Crippen LogP contribution < -0.4 is 0 Å². The minimum Gasteiger partial charge on any atom is -0.378 e. The molecule has 1 aromatic carbocycles. The fourth-order valence-electron chi connectivity index (χ4n) is 2.97. The van der Waals surface area contributed by atoms with Gasteiger partial charge >= 0.3 is 0 Å². The molecular weight excluding hydrogens is 308 g/mol. The predicted octanol–water partition coefficient (Wildman–Crippen LogP) is -0.421. The lowest BCUT2D eigenvalue weighted by molar-refractivity contribution is -0.0927. The summed E-state index contributed by atoms with van der Waals surface area (Å²) in [5.74, 6) is -0.308. The molecular formula is C14H18N2O5S. The van der Waals surface area contributed by atoms with E-state index in [4.69, 9.17) is 4.74 Å². The number of aliphatic hydroxyl groups is 1. The Morgan fingerprint density at radius 2 is 1.91 bits per heavy atom. The summed E-state index contributed by atoms with van der Waals surface area (Å²) in [4.78, 5) is 13.8. The number of nitrogens with zero attached hydrogens (tertiary/aromatic N) is 2. The van der Waals surface area contributed by atoms with E-state index in [2.05, 4.69) is 0 Å². The minimum atomic E-state index is -3.52. The van der Waals surface area contributed by atoms with Crippen molar-refractivity contribution in [2.45, 2.75) is 5.72 Å². The summed E-state index contributed by atoms with van der Waals surface area (Å²) in [5, 5.41) is 11.1. The summed E-state index contributed by atoms with van der Waals surface area (Å²) in [5.41, 5.74) is -0.820. The Hall–Kier alpha value is -1.48. The monoisotopic (exact) mass is 326 g/mol. The Morgan fingerprint density at radius 3 is 2.64 bits per heavy atom. The third kappa shape index (κ3) is 2.41. The van der Waals surface area contributed by atoms with Crippen LogP contribution in [0.25, 0.3) is 0 Å². The lowest BCUT2D eigenvalue weighted by atomic mass is 10.0. The van der Waals surface area contributed by atoms with Gasteiger partial charge in [0.15, 0.2) is 5.72 Å². The van der Waals surface area contributed by atoms with Crippen LogP contribution in [-0.2, 0) is 20.5 Å². The molecule has 7 nitrogen and oxygen atoms in total. The third-order valence-electron chi connectivity index (χ3n) is 4.09. The second-order valence-corrected chi connectivity index (χ2v) is 7.51. The topological polar surface area (TPSA) is 87.2 Å². The SMILES string of the molecule is CS(=O)(=O)N1CCOCCN2C(=O)c3ccccc3C2(O)C1. The highest BCUT2D eigenvalue weighted by Crippen LogP contribution is 2.38. The molecule has 2 heterocycles. The lowest BCUT2D eigenvalue weighted by Crippen LogP contribution is -2.52. The van der Waals surface area contributed by atoms with Crippen LogP contribution in [0, 0.1) is 0 Å². The van der Waals surface area contributed by atoms with Gasteiger partial charge in [0, 0.05) is 24.2 Å². The van der Waals surface area contributed by atoms with E-state index in [-0.39, 0.29) is 38.8 Å². The van der Waals surface area contributed by atoms with E-state index in [0.29, 0.717) is 11.1 Å². The summed E-state index contributed by atoms with van der Waals surface area (Å²) in [6.45, 7) is 0.636. The summed E-state index contributed by atoms with van der Waals surface area (Å²) in [6.07, 6.45) is 1.08. The Bertz CT molecular complexity index is 705. The van der Waals surface area contributed by atoms with E-state index in [9.17, 15) is 18.3 Å². The van der Waals surface area contributed by atoms with Crippen LogP contribution in [0.5, 0.6) is 0 Å². The molecule has 0 spiro atoms. The Morgan fingerprint density at radius 1 is 1.23 bits per heavy atom. The van der Waals surface area contributed by atoms with Gasteiger partial charge in [-0.05, 0) is 6.07 Å². The smallest absolute Gasteiger partial charge is 0.256 e. The second kappa shape index (κ2) is 5.31. The molecule has 3 rings (SSSR count). The van der Waals surface area contributed by atoms with Crippen LogP contribution in [0.2, 0.25) is 0 Å². The van der Waals surface area contributed by atoms with Crippen molar-refractivity contribution in [2.24, 2.45) is 0 Å². The molecule has 1 saturated heterocycles. The molecule has 2 aliphatic rings. The van der Waals surface area contributed by atoms with Gasteiger partial charge in [0.25, 0.3) is 5.91 Å². The molecule has 1 fully saturated rings. The molecule has 0 saturated carbocycles. The molecule has 1 aromatic rings. The average Bonchev–Trinajstić information content (AvgIpc) is 2.71. The number of carbonyl (C=O) groups excluding carboxylic acids is 1. The first-order valence-corrected chi connectivity index (χ1v) is 8.85. The van der Waals surface area contributed by atoms with E-state index < -0.39 is 15.7 Å². The third-order valence-corrected chi connectivity index (χ3v) is 5.34. The first-order valence-electron chi connectivity index (χ1n) is 7.01. The molecule has 0 bridgehead atoms. The standard InChI is InChI=1S/C14H18N2O5S/c1-22(19,20)15-6-8-21-9-7-16-13(17)11-4-2-3-5-12(11)14(16,18)10-15/h2-5,18H,6-10H2,1H3. The number of hydrogen-bond donors (Lipinski definition) is 1. The highest BCUT2D eigenvalue weighted by Gasteiger charge is 2.50. The quantitative estimate of drug-likeness (QED) is 0.757. The van der Waals surface area contributed by atoms with Gasteiger partial charge in [-0.1, -0.05) is 18.2 Å². The maximum Gasteiger partial charge on any atom is 0.256 e. The number of ether oxygens (including phenoxy) is 1. The number of hydrogen-bond acceptors (Lipinski definition) is 5. The van der Waals surface area contributed by atoms with E-state index >= 15 is 0 Å². The highest BCUT2D eigenvalue weighted by molar-refractivity contribution is 7.88. The number of sulfonamides is 1. The van der Waals surface area contributed by atoms with E-state index in [1.165, 1.54) is 4.90 Å². The van der Waals surface area contributed by atoms with Crippen LogP contribution in [0.1, 0.15) is 15.9 Å². The van der Waals surface area contributed by atoms with E-state index in [1.54, 1.807) is 24.3 Å². The van der Waals surface area contributed by atoms with Crippen molar-refractivity contribution < 1.29 is 23.1 Å². The van der Waals surface area contributed by atoms with Crippen molar-refractivity contribution >= 4 is 15.9 Å². The number of carbonyl (C=O) groups is 1. The number of fused-ring (bicyclic) bond motifs is 3. The molecule has 1 atom stereocenters. The molecule has 1 N–H and O–H groups in total. The van der Waals surface area contributed by atoms with Gasteiger partial charge in [-0.3, -0.25) is 4.79 Å². The maximum atomic E-state index is 12.5. The van der Waals surface area contributed by atoms with Crippen molar-refractivity contribution in [3.63, 3.8) is 0 Å². The van der Waals surface area contributed by atoms with Crippen molar-refractivity contribution in [2.75, 3.05) is 39.1 Å². The van der Waals surface area contributed by atoms with Crippen molar-refractivity contribution in [1.82, 2.24) is 9.21 Å². The molecule has 0 radical (unpaired) electrons. The summed E-state index contributed by atoms with van der Waals surface area (Å²) in [7, 11) is -3.52. The highest BCUT2D eigenvalue weighted by atomic mass is 32.2. The Kier molecular flexibility index (Phi) is 3.72. The zero-order valence-electron chi connectivity index (χ0n) is 12.2. The molecule has 0 aliphatic carbocycles. The van der Waals surface area contributed by atoms with Gasteiger partial charge in [0.1, 0.15) is 0 Å². The largest absolute Gasteiger partial charge is 0.378 e. The first kappa shape index (κ1) is 15.4. The van der Waals surface area contributed by atoms with Gasteiger partial charge in [0.2, 0.25) is 10.0 Å². The zero-order valence-corrected chi connectivity index (χ0v) is 13.0. The van der Waals surface area contributed by atoms with Gasteiger partial charge in [0.05, 0.1) is 26.0 Å². The van der Waals surface area contributed by atoms with Gasteiger partial charge in [-0.25, -0.2) is 8.42 Å². The summed E-state index contributed by atoms with van der Waals surface area (Å²) >= 11 is 0. The van der Waals surface area contributed by atoms with Crippen molar-refractivity contribution in [3.8, 4) is 0 Å². The minimum absolute atomic E-state index is 0.144. The number of rotatable bonds is 1. The number of β-amino-alcohol motifs (C(OH)–C–C–N with tert-alkyl or cyclic N) is 1. The lowest BCUT2D eigenvalue weighted by Gasteiger charge is -2.36. The molecule has 120 valence electrons. The normalized spacial score (nSPS) is 26.8. The molecule has 0 aromatic heterocycles. The van der Waals surface area contributed by atoms with Crippen molar-refractivity contribution in [3.05, 3.63) is 35.4 Å². The van der Waals surface area contributed by atoms with Crippen LogP contribution in [0.15, 0.2) is 24.3 Å². The van der Waals surface area contributed by atoms with E-state index in [1.807, 2.05) is 0 Å². The molecule has 1 amide bonds. The van der Waals surface area contributed by atoms with Crippen LogP contribution >= 0.6 is 0 Å². The van der Waals surface area contributed by atoms with Crippen LogP contribution in [-0.4, -0.2) is 67.7 Å². The average molecular weight is 326 g/mol. The molecule has 1 unspecified atom stereocenters. The van der Waals surface area contributed by atoms with Crippen LogP contribution in [0.3, 0.4) is 0 Å². The van der Waals surface area contributed by atoms with Crippen LogP contribution in [0.4, 0.5) is 0 Å². The van der Waals surface area contributed by atoms with Gasteiger partial charge < -0.3 is 14.7 Å². The van der Waals surface area contributed by atoms with Crippen molar-refractivity contribution in [1.29, 1.82) is 0 Å². The van der Waals surface area contributed by atoms with Gasteiger partial charge in [-0.2, -0.15) is 4.31 Å². The summed E-state index contributed by atoms with van der Waals surface area (Å²) in [6, 6.07) is 6.74. The van der Waals surface area contributed by atoms with E-state index in [0.717, 1.165) is 10.6 Å². The maximum absolute atomic E-state index is 12.5.